The first-order valence-corrected chi connectivity index (χ1v) is 9.30. The summed E-state index contributed by atoms with van der Waals surface area (Å²) in [5, 5.41) is 9.65. The lowest BCUT2D eigenvalue weighted by Crippen LogP contribution is -2.04. The highest BCUT2D eigenvalue weighted by molar-refractivity contribution is 7.98. The van der Waals surface area contributed by atoms with E-state index in [0.717, 1.165) is 23.1 Å². The van der Waals surface area contributed by atoms with Crippen LogP contribution in [0.3, 0.4) is 0 Å². The summed E-state index contributed by atoms with van der Waals surface area (Å²) >= 11 is 1.62. The van der Waals surface area contributed by atoms with Crippen LogP contribution in [0, 0.1) is 0 Å². The van der Waals surface area contributed by atoms with Gasteiger partial charge in [-0.05, 0) is 11.6 Å². The van der Waals surface area contributed by atoms with E-state index in [0.29, 0.717) is 18.1 Å². The van der Waals surface area contributed by atoms with E-state index in [1.54, 1.807) is 18.0 Å². The van der Waals surface area contributed by atoms with Gasteiger partial charge in [0, 0.05) is 37.3 Å². The summed E-state index contributed by atoms with van der Waals surface area (Å²) in [5.74, 6) is 2.36. The molecule has 0 N–H and O–H groups in total. The number of nitrogens with zero attached hydrogens (tertiary/aromatic N) is 6. The molecule has 0 atom stereocenters. The molecule has 0 unspecified atom stereocenters. The van der Waals surface area contributed by atoms with E-state index < -0.39 is 0 Å². The van der Waals surface area contributed by atoms with E-state index in [2.05, 4.69) is 43.4 Å². The predicted molar refractivity (Wildman–Crippen MR) is 102 cm³/mol. The first kappa shape index (κ1) is 16.5. The molecule has 0 saturated carbocycles. The van der Waals surface area contributed by atoms with Crippen molar-refractivity contribution >= 4 is 17.5 Å². The summed E-state index contributed by atoms with van der Waals surface area (Å²) in [6.45, 7) is 4.55. The fourth-order valence-electron chi connectivity index (χ4n) is 2.73. The Balaban J connectivity index is 1.53. The molecule has 0 fully saturated rings. The number of benzene rings is 1. The van der Waals surface area contributed by atoms with Gasteiger partial charge in [0.1, 0.15) is 5.82 Å². The molecule has 7 heteroatoms. The zero-order valence-electron chi connectivity index (χ0n) is 14.2. The smallest absolute Gasteiger partial charge is 0.233 e. The number of hydrogen-bond acceptors (Lipinski definition) is 5. The maximum absolute atomic E-state index is 4.53. The molecule has 26 heavy (non-hydrogen) atoms. The third-order valence-electron chi connectivity index (χ3n) is 3.94. The minimum atomic E-state index is 0.685. The average Bonchev–Trinajstić information content (AvgIpc) is 3.25. The molecule has 0 saturated heterocycles. The summed E-state index contributed by atoms with van der Waals surface area (Å²) in [6, 6.07) is 12.2. The number of aromatic nitrogens is 6. The second-order valence-electron chi connectivity index (χ2n) is 5.81. The van der Waals surface area contributed by atoms with Crippen molar-refractivity contribution in [3.63, 3.8) is 0 Å². The first-order chi connectivity index (χ1) is 12.8. The standard InChI is InChI=1S/C19H18N6S/c1-2-10-25-17(12-15-7-4-3-5-8-15)22-23-19(25)26-14-16-13-24-11-6-9-20-18(24)21-16/h2-9,11,13H,1,10,12,14H2. The van der Waals surface area contributed by atoms with E-state index in [4.69, 9.17) is 0 Å². The fraction of sp³-hybridized carbons (Fsp3) is 0.158. The molecule has 0 aliphatic rings. The van der Waals surface area contributed by atoms with Crippen LogP contribution < -0.4 is 0 Å². The van der Waals surface area contributed by atoms with Crippen molar-refractivity contribution in [3.8, 4) is 0 Å². The van der Waals surface area contributed by atoms with Crippen molar-refractivity contribution in [3.05, 3.63) is 84.7 Å². The molecular weight excluding hydrogens is 344 g/mol. The van der Waals surface area contributed by atoms with Crippen LogP contribution >= 0.6 is 11.8 Å². The minimum Gasteiger partial charge on any atom is -0.302 e. The van der Waals surface area contributed by atoms with Gasteiger partial charge in [0.05, 0.1) is 5.69 Å². The van der Waals surface area contributed by atoms with Gasteiger partial charge >= 0.3 is 0 Å². The van der Waals surface area contributed by atoms with Crippen LogP contribution in [-0.2, 0) is 18.7 Å². The number of imidazole rings is 1. The third-order valence-corrected chi connectivity index (χ3v) is 4.95. The lowest BCUT2D eigenvalue weighted by molar-refractivity contribution is 0.690. The maximum Gasteiger partial charge on any atom is 0.233 e. The van der Waals surface area contributed by atoms with E-state index in [1.807, 2.05) is 47.1 Å². The highest BCUT2D eigenvalue weighted by Gasteiger charge is 2.13. The fourth-order valence-corrected chi connectivity index (χ4v) is 3.59. The quantitative estimate of drug-likeness (QED) is 0.372. The molecule has 3 heterocycles. The Morgan fingerprint density at radius 3 is 2.81 bits per heavy atom. The number of fused-ring (bicyclic) bond motifs is 1. The summed E-state index contributed by atoms with van der Waals surface area (Å²) in [5.41, 5.74) is 2.18. The highest BCUT2D eigenvalue weighted by atomic mass is 32.2. The molecule has 0 radical (unpaired) electrons. The zero-order valence-corrected chi connectivity index (χ0v) is 15.0. The van der Waals surface area contributed by atoms with Crippen molar-refractivity contribution < 1.29 is 0 Å². The summed E-state index contributed by atoms with van der Waals surface area (Å²) in [6.07, 6.45) is 8.31. The van der Waals surface area contributed by atoms with Crippen molar-refractivity contribution in [2.24, 2.45) is 0 Å². The lowest BCUT2D eigenvalue weighted by atomic mass is 10.1. The molecule has 0 bridgehead atoms. The normalized spacial score (nSPS) is 11.1. The molecule has 0 amide bonds. The monoisotopic (exact) mass is 362 g/mol. The van der Waals surface area contributed by atoms with Crippen molar-refractivity contribution in [1.29, 1.82) is 0 Å². The van der Waals surface area contributed by atoms with Crippen LogP contribution in [0.2, 0.25) is 0 Å². The Labute approximate surface area is 155 Å². The molecule has 0 spiro atoms. The van der Waals surface area contributed by atoms with Gasteiger partial charge in [0.15, 0.2) is 5.16 Å². The second kappa shape index (κ2) is 7.53. The van der Waals surface area contributed by atoms with Crippen molar-refractivity contribution in [2.45, 2.75) is 23.9 Å². The van der Waals surface area contributed by atoms with Crippen LogP contribution in [0.1, 0.15) is 17.1 Å². The number of allylic oxidation sites excluding steroid dienone is 1. The topological polar surface area (TPSA) is 60.9 Å². The molecule has 0 aliphatic heterocycles. The molecule has 3 aromatic heterocycles. The zero-order chi connectivity index (χ0) is 17.8. The Morgan fingerprint density at radius 2 is 2.00 bits per heavy atom. The number of hydrogen-bond donors (Lipinski definition) is 0. The number of thioether (sulfide) groups is 1. The van der Waals surface area contributed by atoms with Crippen LogP contribution in [0.4, 0.5) is 0 Å². The van der Waals surface area contributed by atoms with E-state index in [1.165, 1.54) is 5.56 Å². The molecule has 0 aliphatic carbocycles. The molecular formula is C19H18N6S. The lowest BCUT2D eigenvalue weighted by Gasteiger charge is -2.07. The Morgan fingerprint density at radius 1 is 1.12 bits per heavy atom. The Bertz CT molecular complexity index is 988. The highest BCUT2D eigenvalue weighted by Crippen LogP contribution is 2.22. The average molecular weight is 362 g/mol. The molecule has 1 aromatic carbocycles. The van der Waals surface area contributed by atoms with E-state index in [-0.39, 0.29) is 0 Å². The predicted octanol–water partition coefficient (Wildman–Crippen LogP) is 3.39. The molecule has 130 valence electrons. The van der Waals surface area contributed by atoms with Crippen LogP contribution in [-0.4, -0.2) is 29.1 Å². The third kappa shape index (κ3) is 3.52. The van der Waals surface area contributed by atoms with Gasteiger partial charge in [-0.2, -0.15) is 0 Å². The SMILES string of the molecule is C=CCn1c(Cc2ccccc2)nnc1SCc1cn2cccnc2n1. The van der Waals surface area contributed by atoms with E-state index in [9.17, 15) is 0 Å². The van der Waals surface area contributed by atoms with Gasteiger partial charge in [-0.25, -0.2) is 9.97 Å². The second-order valence-corrected chi connectivity index (χ2v) is 6.75. The maximum atomic E-state index is 4.53. The first-order valence-electron chi connectivity index (χ1n) is 8.32. The van der Waals surface area contributed by atoms with Crippen LogP contribution in [0.15, 0.2) is 72.8 Å². The van der Waals surface area contributed by atoms with Gasteiger partial charge in [-0.15, -0.1) is 16.8 Å². The molecule has 6 nitrogen and oxygen atoms in total. The summed E-state index contributed by atoms with van der Waals surface area (Å²) in [4.78, 5) is 8.78. The van der Waals surface area contributed by atoms with Gasteiger partial charge in [-0.1, -0.05) is 48.2 Å². The largest absolute Gasteiger partial charge is 0.302 e. The minimum absolute atomic E-state index is 0.685. The molecule has 4 rings (SSSR count). The van der Waals surface area contributed by atoms with Crippen LogP contribution in [0.25, 0.3) is 5.78 Å². The Kier molecular flexibility index (Phi) is 4.79. The summed E-state index contributed by atoms with van der Waals surface area (Å²) in [7, 11) is 0. The van der Waals surface area contributed by atoms with Crippen molar-refractivity contribution in [2.75, 3.05) is 0 Å². The van der Waals surface area contributed by atoms with Gasteiger partial charge in [0.25, 0.3) is 0 Å². The van der Waals surface area contributed by atoms with Crippen LogP contribution in [0.5, 0.6) is 0 Å². The van der Waals surface area contributed by atoms with E-state index >= 15 is 0 Å². The Hall–Kier alpha value is -2.93. The van der Waals surface area contributed by atoms with Crippen molar-refractivity contribution in [1.82, 2.24) is 29.1 Å². The van der Waals surface area contributed by atoms with Gasteiger partial charge < -0.3 is 4.57 Å². The number of rotatable bonds is 7. The molecule has 4 aromatic rings. The van der Waals surface area contributed by atoms with Gasteiger partial charge in [-0.3, -0.25) is 4.40 Å². The summed E-state index contributed by atoms with van der Waals surface area (Å²) < 4.78 is 4.03. The van der Waals surface area contributed by atoms with Gasteiger partial charge in [0.2, 0.25) is 5.78 Å².